The Morgan fingerprint density at radius 1 is 1.10 bits per heavy atom. The summed E-state index contributed by atoms with van der Waals surface area (Å²) in [6.07, 6.45) is 0. The molecule has 5 heteroatoms. The van der Waals surface area contributed by atoms with Crippen LogP contribution in [0.25, 0.3) is 11.0 Å². The van der Waals surface area contributed by atoms with Crippen molar-refractivity contribution in [1.82, 2.24) is 9.55 Å². The molecule has 3 rings (SSSR count). The van der Waals surface area contributed by atoms with Gasteiger partial charge in [-0.2, -0.15) is 0 Å². The third-order valence-corrected chi connectivity index (χ3v) is 4.18. The molecule has 3 nitrogen and oxygen atoms in total. The van der Waals surface area contributed by atoms with Crippen LogP contribution in [0.5, 0.6) is 0 Å². The van der Waals surface area contributed by atoms with Crippen molar-refractivity contribution in [3.63, 3.8) is 0 Å². The van der Waals surface area contributed by atoms with Gasteiger partial charge in [0.25, 0.3) is 0 Å². The summed E-state index contributed by atoms with van der Waals surface area (Å²) < 4.78 is 2.08. The van der Waals surface area contributed by atoms with E-state index in [2.05, 4.69) is 9.55 Å². The Hall–Kier alpha value is -1.55. The predicted octanol–water partition coefficient (Wildman–Crippen LogP) is 4.41. The molecule has 3 aromatic rings. The molecule has 0 aliphatic rings. The predicted molar refractivity (Wildman–Crippen MR) is 87.9 cm³/mol. The Kier molecular flexibility index (Phi) is 3.89. The van der Waals surface area contributed by atoms with E-state index in [0.717, 1.165) is 22.4 Å². The highest BCUT2D eigenvalue weighted by Crippen LogP contribution is 2.28. The number of hydrogen-bond acceptors (Lipinski definition) is 2. The first kappa shape index (κ1) is 14.4. The maximum atomic E-state index is 6.28. The van der Waals surface area contributed by atoms with Gasteiger partial charge in [-0.05, 0) is 31.2 Å². The van der Waals surface area contributed by atoms with E-state index in [4.69, 9.17) is 28.9 Å². The minimum Gasteiger partial charge on any atom is -0.322 e. The summed E-state index contributed by atoms with van der Waals surface area (Å²) in [7, 11) is 0. The first-order valence-electron chi connectivity index (χ1n) is 6.71. The molecular formula is C16H15Cl2N3. The van der Waals surface area contributed by atoms with Crippen LogP contribution >= 0.6 is 23.2 Å². The number of para-hydroxylation sites is 2. The molecule has 108 valence electrons. The number of nitrogens with two attached hydrogens (primary N) is 1. The van der Waals surface area contributed by atoms with Crippen molar-refractivity contribution in [2.24, 2.45) is 5.73 Å². The molecule has 0 amide bonds. The van der Waals surface area contributed by atoms with Gasteiger partial charge in [0.15, 0.2) is 0 Å². The lowest BCUT2D eigenvalue weighted by molar-refractivity contribution is 0.664. The smallest absolute Gasteiger partial charge is 0.126 e. The molecular weight excluding hydrogens is 305 g/mol. The topological polar surface area (TPSA) is 43.8 Å². The molecule has 0 saturated heterocycles. The number of nitrogens with zero attached hydrogens (tertiary/aromatic N) is 2. The molecule has 2 aromatic carbocycles. The fourth-order valence-electron chi connectivity index (χ4n) is 2.45. The Balaban J connectivity index is 2.17. The first-order chi connectivity index (χ1) is 10.1. The van der Waals surface area contributed by atoms with Crippen LogP contribution in [0.2, 0.25) is 10.0 Å². The lowest BCUT2D eigenvalue weighted by Gasteiger charge is -2.13. The van der Waals surface area contributed by atoms with Crippen LogP contribution in [0, 0.1) is 0 Å². The van der Waals surface area contributed by atoms with Crippen LogP contribution in [0.1, 0.15) is 24.4 Å². The van der Waals surface area contributed by atoms with Crippen molar-refractivity contribution in [2.45, 2.75) is 19.5 Å². The fourth-order valence-corrected chi connectivity index (χ4v) is 2.97. The standard InChI is InChI=1S/C16H15Cl2N3/c1-10(19)16-20-14-7-2-3-8-15(14)21(16)9-11-12(17)5-4-6-13(11)18/h2-8,10H,9,19H2,1H3. The van der Waals surface area contributed by atoms with Crippen LogP contribution < -0.4 is 5.73 Å². The molecule has 0 aliphatic heterocycles. The van der Waals surface area contributed by atoms with Crippen LogP contribution in [0.15, 0.2) is 42.5 Å². The first-order valence-corrected chi connectivity index (χ1v) is 7.47. The van der Waals surface area contributed by atoms with E-state index in [1.165, 1.54) is 0 Å². The zero-order valence-electron chi connectivity index (χ0n) is 11.6. The Labute approximate surface area is 133 Å². The number of benzene rings is 2. The highest BCUT2D eigenvalue weighted by atomic mass is 35.5. The molecule has 21 heavy (non-hydrogen) atoms. The molecule has 1 atom stereocenters. The van der Waals surface area contributed by atoms with Gasteiger partial charge in [0, 0.05) is 15.6 Å². The van der Waals surface area contributed by atoms with E-state index in [1.54, 1.807) is 0 Å². The summed E-state index contributed by atoms with van der Waals surface area (Å²) in [6.45, 7) is 2.47. The highest BCUT2D eigenvalue weighted by Gasteiger charge is 2.16. The minimum absolute atomic E-state index is 0.168. The normalized spacial score (nSPS) is 12.8. The summed E-state index contributed by atoms with van der Waals surface area (Å²) >= 11 is 12.6. The van der Waals surface area contributed by atoms with E-state index in [1.807, 2.05) is 49.4 Å². The van der Waals surface area contributed by atoms with E-state index < -0.39 is 0 Å². The van der Waals surface area contributed by atoms with Crippen molar-refractivity contribution in [3.8, 4) is 0 Å². The lowest BCUT2D eigenvalue weighted by atomic mass is 10.2. The van der Waals surface area contributed by atoms with Gasteiger partial charge in [0.1, 0.15) is 5.82 Å². The SMILES string of the molecule is CC(N)c1nc2ccccc2n1Cc1c(Cl)cccc1Cl. The summed E-state index contributed by atoms with van der Waals surface area (Å²) in [6, 6.07) is 13.3. The average Bonchev–Trinajstić information content (AvgIpc) is 2.82. The van der Waals surface area contributed by atoms with Gasteiger partial charge >= 0.3 is 0 Å². The number of imidazole rings is 1. The quantitative estimate of drug-likeness (QED) is 0.777. The second-order valence-corrected chi connectivity index (χ2v) is 5.85. The molecule has 0 radical (unpaired) electrons. The van der Waals surface area contributed by atoms with Crippen LogP contribution in [-0.2, 0) is 6.54 Å². The van der Waals surface area contributed by atoms with Crippen molar-refractivity contribution < 1.29 is 0 Å². The van der Waals surface area contributed by atoms with Gasteiger partial charge in [-0.15, -0.1) is 0 Å². The molecule has 2 N–H and O–H groups in total. The average molecular weight is 320 g/mol. The van der Waals surface area contributed by atoms with Gasteiger partial charge in [0.05, 0.1) is 23.6 Å². The van der Waals surface area contributed by atoms with Crippen molar-refractivity contribution in [1.29, 1.82) is 0 Å². The molecule has 0 aliphatic carbocycles. The molecule has 0 bridgehead atoms. The zero-order chi connectivity index (χ0) is 15.0. The second-order valence-electron chi connectivity index (χ2n) is 5.03. The summed E-state index contributed by atoms with van der Waals surface area (Å²) in [5.41, 5.74) is 8.89. The van der Waals surface area contributed by atoms with Gasteiger partial charge in [-0.25, -0.2) is 4.98 Å². The monoisotopic (exact) mass is 319 g/mol. The Morgan fingerprint density at radius 2 is 1.76 bits per heavy atom. The summed E-state index contributed by atoms with van der Waals surface area (Å²) in [5.74, 6) is 0.826. The number of fused-ring (bicyclic) bond motifs is 1. The fraction of sp³-hybridized carbons (Fsp3) is 0.188. The van der Waals surface area contributed by atoms with E-state index >= 15 is 0 Å². The van der Waals surface area contributed by atoms with Crippen LogP contribution in [-0.4, -0.2) is 9.55 Å². The Morgan fingerprint density at radius 3 is 2.43 bits per heavy atom. The molecule has 0 spiro atoms. The van der Waals surface area contributed by atoms with E-state index in [-0.39, 0.29) is 6.04 Å². The molecule has 0 fully saturated rings. The Bertz CT molecular complexity index is 773. The summed E-state index contributed by atoms with van der Waals surface area (Å²) in [5, 5.41) is 1.30. The van der Waals surface area contributed by atoms with Gasteiger partial charge in [-0.1, -0.05) is 41.4 Å². The van der Waals surface area contributed by atoms with E-state index in [0.29, 0.717) is 16.6 Å². The summed E-state index contributed by atoms with van der Waals surface area (Å²) in [4.78, 5) is 4.62. The third kappa shape index (κ3) is 2.64. The lowest BCUT2D eigenvalue weighted by Crippen LogP contribution is -2.14. The van der Waals surface area contributed by atoms with Gasteiger partial charge in [-0.3, -0.25) is 0 Å². The van der Waals surface area contributed by atoms with Crippen molar-refractivity contribution in [3.05, 3.63) is 63.9 Å². The maximum Gasteiger partial charge on any atom is 0.126 e. The molecule has 1 unspecified atom stereocenters. The molecule has 0 saturated carbocycles. The van der Waals surface area contributed by atoms with E-state index in [9.17, 15) is 0 Å². The zero-order valence-corrected chi connectivity index (χ0v) is 13.1. The third-order valence-electron chi connectivity index (χ3n) is 3.47. The highest BCUT2D eigenvalue weighted by molar-refractivity contribution is 6.36. The van der Waals surface area contributed by atoms with Gasteiger partial charge < -0.3 is 10.3 Å². The number of rotatable bonds is 3. The van der Waals surface area contributed by atoms with Gasteiger partial charge in [0.2, 0.25) is 0 Å². The second kappa shape index (κ2) is 5.68. The van der Waals surface area contributed by atoms with Crippen molar-refractivity contribution in [2.75, 3.05) is 0 Å². The van der Waals surface area contributed by atoms with Crippen LogP contribution in [0.3, 0.4) is 0 Å². The van der Waals surface area contributed by atoms with Crippen molar-refractivity contribution >= 4 is 34.2 Å². The largest absolute Gasteiger partial charge is 0.322 e. The number of aromatic nitrogens is 2. The number of halogens is 2. The molecule has 1 heterocycles. The maximum absolute atomic E-state index is 6.28. The van der Waals surface area contributed by atoms with Crippen LogP contribution in [0.4, 0.5) is 0 Å². The minimum atomic E-state index is -0.168. The number of hydrogen-bond donors (Lipinski definition) is 1. The molecule has 1 aromatic heterocycles.